The number of unbranched alkanes of at least 4 members (excludes halogenated alkanes) is 4. The van der Waals surface area contributed by atoms with Gasteiger partial charge in [-0.1, -0.05) is 77.8 Å². The van der Waals surface area contributed by atoms with Crippen LogP contribution in [0, 0.1) is 5.92 Å². The topological polar surface area (TPSA) is 41.0 Å². The van der Waals surface area contributed by atoms with Crippen LogP contribution in [0.4, 0.5) is 0 Å². The van der Waals surface area contributed by atoms with E-state index in [2.05, 4.69) is 30.7 Å². The molecule has 0 aliphatic rings. The largest absolute Gasteiger partial charge is 0.348 e. The standard InChI is InChI=1S/C19H34ClN3/c1-5-16(13-11-9-7-8-10-12-15(3)4)23-19-18(20)17(6-2)21-14-22-19/h14-16H,5-13H2,1-4H3,(H,21,22,23)/i14D. The molecule has 0 radical (unpaired) electrons. The fraction of sp³-hybridized carbons (Fsp3) is 0.789. The predicted molar refractivity (Wildman–Crippen MR) is 99.8 cm³/mol. The molecule has 132 valence electrons. The Morgan fingerprint density at radius 3 is 2.43 bits per heavy atom. The Balaban J connectivity index is 2.51. The van der Waals surface area contributed by atoms with E-state index >= 15 is 0 Å². The highest BCUT2D eigenvalue weighted by Gasteiger charge is 2.07. The summed E-state index contributed by atoms with van der Waals surface area (Å²) in [5.41, 5.74) is 1.37. The minimum atomic E-state index is 0.134. The quantitative estimate of drug-likeness (QED) is 0.516. The Bertz CT molecular complexity index is 540. The highest BCUT2D eigenvalue weighted by atomic mass is 35.5. The van der Waals surface area contributed by atoms with Crippen molar-refractivity contribution in [1.29, 1.82) is 0 Å². The van der Waals surface area contributed by atoms with Crippen LogP contribution in [0.5, 0.6) is 0 Å². The SMILES string of the molecule is [2H]c1nc(=NC(CC)CCCCCCCC(C)C)c(Cl)c(CC)[nH]1. The van der Waals surface area contributed by atoms with Crippen molar-refractivity contribution in [2.45, 2.75) is 91.5 Å². The van der Waals surface area contributed by atoms with E-state index in [0.29, 0.717) is 10.5 Å². The first-order valence-corrected chi connectivity index (χ1v) is 9.64. The van der Waals surface area contributed by atoms with Gasteiger partial charge in [-0.3, -0.25) is 4.99 Å². The molecule has 0 aliphatic carbocycles. The first kappa shape index (κ1) is 18.5. The van der Waals surface area contributed by atoms with Crippen LogP contribution in [-0.2, 0) is 6.42 Å². The number of nitrogens with one attached hydrogen (secondary N) is 1. The molecule has 23 heavy (non-hydrogen) atoms. The number of rotatable bonds is 11. The van der Waals surface area contributed by atoms with E-state index in [0.717, 1.165) is 30.9 Å². The van der Waals surface area contributed by atoms with Gasteiger partial charge in [-0.05, 0) is 25.2 Å². The molecule has 0 spiro atoms. The molecule has 0 saturated heterocycles. The third kappa shape index (κ3) is 8.01. The highest BCUT2D eigenvalue weighted by Crippen LogP contribution is 2.14. The minimum Gasteiger partial charge on any atom is -0.348 e. The van der Waals surface area contributed by atoms with Crippen LogP contribution in [0.15, 0.2) is 11.3 Å². The molecule has 1 aromatic heterocycles. The van der Waals surface area contributed by atoms with E-state index in [1.54, 1.807) is 0 Å². The average molecular weight is 341 g/mol. The molecule has 1 N–H and O–H groups in total. The fourth-order valence-corrected chi connectivity index (χ4v) is 2.98. The number of hydrogen-bond donors (Lipinski definition) is 1. The molecule has 0 saturated carbocycles. The first-order valence-electron chi connectivity index (χ1n) is 9.77. The summed E-state index contributed by atoms with van der Waals surface area (Å²) in [6.45, 7) is 8.75. The highest BCUT2D eigenvalue weighted by molar-refractivity contribution is 6.30. The summed E-state index contributed by atoms with van der Waals surface area (Å²) in [6, 6.07) is 0.247. The van der Waals surface area contributed by atoms with Gasteiger partial charge in [0.05, 0.1) is 12.3 Å². The van der Waals surface area contributed by atoms with Crippen LogP contribution in [-0.4, -0.2) is 16.0 Å². The van der Waals surface area contributed by atoms with Gasteiger partial charge in [-0.25, -0.2) is 4.98 Å². The van der Waals surface area contributed by atoms with E-state index < -0.39 is 0 Å². The van der Waals surface area contributed by atoms with Gasteiger partial charge in [0.2, 0.25) is 0 Å². The Labute approximate surface area is 148 Å². The molecule has 1 atom stereocenters. The van der Waals surface area contributed by atoms with Gasteiger partial charge in [0.15, 0.2) is 5.49 Å². The van der Waals surface area contributed by atoms with Crippen LogP contribution in [0.1, 0.15) is 86.1 Å². The number of aromatic amines is 1. The van der Waals surface area contributed by atoms with E-state index in [-0.39, 0.29) is 12.3 Å². The number of hydrogen-bond acceptors (Lipinski definition) is 2. The number of aromatic nitrogens is 2. The lowest BCUT2D eigenvalue weighted by Crippen LogP contribution is -2.17. The van der Waals surface area contributed by atoms with Crippen molar-refractivity contribution >= 4 is 11.6 Å². The lowest BCUT2D eigenvalue weighted by molar-refractivity contribution is 0.493. The smallest absolute Gasteiger partial charge is 0.169 e. The number of aryl methyl sites for hydroxylation is 1. The first-order chi connectivity index (χ1) is 11.5. The summed E-state index contributed by atoms with van der Waals surface area (Å²) in [5, 5.41) is 0.570. The minimum absolute atomic E-state index is 0.134. The average Bonchev–Trinajstić information content (AvgIpc) is 2.55. The van der Waals surface area contributed by atoms with Crippen molar-refractivity contribution in [1.82, 2.24) is 9.97 Å². The zero-order chi connectivity index (χ0) is 17.9. The summed E-state index contributed by atoms with van der Waals surface area (Å²) in [5.74, 6) is 0.823. The number of nitrogens with zero attached hydrogens (tertiary/aromatic N) is 2. The van der Waals surface area contributed by atoms with Gasteiger partial charge in [0, 0.05) is 5.69 Å². The summed E-state index contributed by atoms with van der Waals surface area (Å²) in [7, 11) is 0. The van der Waals surface area contributed by atoms with Crippen LogP contribution in [0.2, 0.25) is 5.02 Å². The maximum absolute atomic E-state index is 7.76. The van der Waals surface area contributed by atoms with Gasteiger partial charge in [-0.15, -0.1) is 0 Å². The Morgan fingerprint density at radius 2 is 1.83 bits per heavy atom. The van der Waals surface area contributed by atoms with E-state index in [1.807, 2.05) is 6.92 Å². The maximum atomic E-state index is 7.76. The van der Waals surface area contributed by atoms with Crippen LogP contribution >= 0.6 is 11.6 Å². The van der Waals surface area contributed by atoms with Crippen molar-refractivity contribution in [2.24, 2.45) is 10.9 Å². The number of halogens is 1. The van der Waals surface area contributed by atoms with E-state index in [4.69, 9.17) is 18.0 Å². The third-order valence-corrected chi connectivity index (χ3v) is 4.68. The van der Waals surface area contributed by atoms with Gasteiger partial charge in [0.1, 0.15) is 6.39 Å². The van der Waals surface area contributed by atoms with E-state index in [9.17, 15) is 0 Å². The lowest BCUT2D eigenvalue weighted by atomic mass is 10.0. The molecule has 1 aromatic rings. The zero-order valence-corrected chi connectivity index (χ0v) is 16.0. The van der Waals surface area contributed by atoms with Crippen LogP contribution in [0.3, 0.4) is 0 Å². The van der Waals surface area contributed by atoms with Crippen molar-refractivity contribution in [3.8, 4) is 0 Å². The van der Waals surface area contributed by atoms with Crippen molar-refractivity contribution < 1.29 is 1.37 Å². The van der Waals surface area contributed by atoms with Gasteiger partial charge in [0.25, 0.3) is 0 Å². The maximum Gasteiger partial charge on any atom is 0.169 e. The molecule has 0 aromatic carbocycles. The normalized spacial score (nSPS) is 14.3. The third-order valence-electron chi connectivity index (χ3n) is 4.28. The Hall–Kier alpha value is -0.830. The van der Waals surface area contributed by atoms with Crippen LogP contribution in [0.25, 0.3) is 0 Å². The molecule has 0 aliphatic heterocycles. The lowest BCUT2D eigenvalue weighted by Gasteiger charge is -2.10. The summed E-state index contributed by atoms with van der Waals surface area (Å²) >= 11 is 6.36. The monoisotopic (exact) mass is 340 g/mol. The Kier molecular flexibility index (Phi) is 9.39. The predicted octanol–water partition coefficient (Wildman–Crippen LogP) is 5.69. The Morgan fingerprint density at radius 1 is 1.17 bits per heavy atom. The summed E-state index contributed by atoms with van der Waals surface area (Å²) < 4.78 is 7.76. The second kappa shape index (κ2) is 11.7. The fourth-order valence-electron chi connectivity index (χ4n) is 2.71. The molecule has 0 fully saturated rings. The van der Waals surface area contributed by atoms with Crippen molar-refractivity contribution in [2.75, 3.05) is 0 Å². The second-order valence-corrected chi connectivity index (χ2v) is 7.13. The summed E-state index contributed by atoms with van der Waals surface area (Å²) in [4.78, 5) is 11.8. The van der Waals surface area contributed by atoms with Crippen LogP contribution < -0.4 is 5.49 Å². The molecular formula is C19H34ClN3. The summed E-state index contributed by atoms with van der Waals surface area (Å²) in [6.07, 6.45) is 10.8. The molecule has 1 heterocycles. The van der Waals surface area contributed by atoms with Crippen molar-refractivity contribution in [3.05, 3.63) is 22.5 Å². The molecule has 3 nitrogen and oxygen atoms in total. The van der Waals surface area contributed by atoms with Gasteiger partial charge < -0.3 is 4.98 Å². The van der Waals surface area contributed by atoms with Gasteiger partial charge >= 0.3 is 0 Å². The number of H-pyrrole nitrogens is 1. The zero-order valence-electron chi connectivity index (χ0n) is 16.3. The van der Waals surface area contributed by atoms with Gasteiger partial charge in [-0.2, -0.15) is 0 Å². The van der Waals surface area contributed by atoms with Crippen molar-refractivity contribution in [3.63, 3.8) is 0 Å². The molecule has 4 heteroatoms. The molecule has 1 unspecified atom stereocenters. The molecule has 0 amide bonds. The molecule has 0 bridgehead atoms. The molecular weight excluding hydrogens is 306 g/mol. The molecule has 1 rings (SSSR count). The van der Waals surface area contributed by atoms with E-state index in [1.165, 1.54) is 38.5 Å². The second-order valence-electron chi connectivity index (χ2n) is 6.75.